The Hall–Kier alpha value is -4.82. The lowest BCUT2D eigenvalue weighted by Gasteiger charge is -2.19. The molecule has 4 rings (SSSR count). The molecule has 2 N–H and O–H groups in total. The van der Waals surface area contributed by atoms with Gasteiger partial charge in [-0.15, -0.1) is 15.3 Å². The second-order valence-corrected chi connectivity index (χ2v) is 9.45. The average molecular weight is 561 g/mol. The van der Waals surface area contributed by atoms with Crippen molar-refractivity contribution in [1.29, 1.82) is 0 Å². The van der Waals surface area contributed by atoms with E-state index in [1.54, 1.807) is 45.0 Å². The number of amides is 2. The van der Waals surface area contributed by atoms with E-state index in [0.717, 1.165) is 12.1 Å². The van der Waals surface area contributed by atoms with Crippen LogP contribution in [0.5, 0.6) is 0 Å². The van der Waals surface area contributed by atoms with Crippen molar-refractivity contribution in [2.75, 3.05) is 11.9 Å². The number of halogens is 4. The molecule has 0 fully saturated rings. The minimum atomic E-state index is -3.02. The van der Waals surface area contributed by atoms with E-state index in [4.69, 9.17) is 9.15 Å². The van der Waals surface area contributed by atoms with Crippen LogP contribution < -0.4 is 10.6 Å². The molecule has 0 radical (unpaired) electrons. The van der Waals surface area contributed by atoms with E-state index in [9.17, 15) is 27.2 Å². The first kappa shape index (κ1) is 28.2. The lowest BCUT2D eigenvalue weighted by Crippen LogP contribution is -2.37. The van der Waals surface area contributed by atoms with Gasteiger partial charge < -0.3 is 19.8 Å². The number of alkyl carbamates (subject to hydrolysis) is 1. The van der Waals surface area contributed by atoms with Gasteiger partial charge in [0, 0.05) is 22.4 Å². The molecule has 0 saturated carbocycles. The Morgan fingerprint density at radius 2 is 1.77 bits per heavy atom. The van der Waals surface area contributed by atoms with E-state index in [-0.39, 0.29) is 24.2 Å². The molecule has 4 aromatic rings. The van der Waals surface area contributed by atoms with Crippen LogP contribution in [0, 0.1) is 11.6 Å². The van der Waals surface area contributed by atoms with Gasteiger partial charge in [0.25, 0.3) is 5.89 Å². The van der Waals surface area contributed by atoms with Crippen LogP contribution in [0.1, 0.15) is 38.7 Å². The molecule has 2 heterocycles. The van der Waals surface area contributed by atoms with Gasteiger partial charge in [0.15, 0.2) is 0 Å². The third-order valence-electron chi connectivity index (χ3n) is 5.11. The molecule has 0 atom stereocenters. The highest BCUT2D eigenvalue weighted by Crippen LogP contribution is 2.27. The first-order chi connectivity index (χ1) is 18.9. The summed E-state index contributed by atoms with van der Waals surface area (Å²) in [6.07, 6.45) is -2.30. The zero-order valence-electron chi connectivity index (χ0n) is 21.4. The molecule has 2 aromatic carbocycles. The van der Waals surface area contributed by atoms with Gasteiger partial charge in [-0.2, -0.15) is 8.78 Å². The summed E-state index contributed by atoms with van der Waals surface area (Å²) >= 11 is 0. The van der Waals surface area contributed by atoms with E-state index in [1.807, 2.05) is 0 Å². The molecule has 0 aliphatic carbocycles. The summed E-state index contributed by atoms with van der Waals surface area (Å²) < 4.78 is 65.8. The van der Waals surface area contributed by atoms with Crippen molar-refractivity contribution < 1.29 is 36.3 Å². The Kier molecular flexibility index (Phi) is 8.11. The molecule has 40 heavy (non-hydrogen) atoms. The number of hydrogen-bond acceptors (Lipinski definition) is 8. The lowest BCUT2D eigenvalue weighted by atomic mass is 10.1. The largest absolute Gasteiger partial charge is 0.444 e. The molecule has 11 nitrogen and oxygen atoms in total. The first-order valence-corrected chi connectivity index (χ1v) is 11.7. The lowest BCUT2D eigenvalue weighted by molar-refractivity contribution is -0.115. The molecule has 2 aromatic heterocycles. The molecule has 0 aliphatic heterocycles. The van der Waals surface area contributed by atoms with Crippen molar-refractivity contribution in [3.8, 4) is 22.7 Å². The molecule has 0 saturated heterocycles. The second kappa shape index (κ2) is 11.5. The number of nitrogens with one attached hydrogen (secondary N) is 2. The van der Waals surface area contributed by atoms with Gasteiger partial charge in [-0.1, -0.05) is 17.3 Å². The minimum absolute atomic E-state index is 0.197. The predicted molar refractivity (Wildman–Crippen MR) is 132 cm³/mol. The quantitative estimate of drug-likeness (QED) is 0.295. The van der Waals surface area contributed by atoms with Crippen molar-refractivity contribution in [3.63, 3.8) is 0 Å². The van der Waals surface area contributed by atoms with Crippen LogP contribution in [0.4, 0.5) is 28.0 Å². The molecule has 0 spiro atoms. The van der Waals surface area contributed by atoms with E-state index in [1.165, 1.54) is 10.9 Å². The number of rotatable bonds is 8. The molecule has 0 bridgehead atoms. The van der Waals surface area contributed by atoms with E-state index < -0.39 is 47.4 Å². The van der Waals surface area contributed by atoms with Crippen molar-refractivity contribution in [3.05, 3.63) is 65.7 Å². The van der Waals surface area contributed by atoms with Crippen molar-refractivity contribution in [2.45, 2.75) is 39.3 Å². The zero-order valence-corrected chi connectivity index (χ0v) is 21.4. The number of hydrogen-bond donors (Lipinski definition) is 2. The number of nitrogens with zero attached hydrogens (tertiary/aromatic N) is 5. The van der Waals surface area contributed by atoms with Gasteiger partial charge in [-0.3, -0.25) is 4.79 Å². The first-order valence-electron chi connectivity index (χ1n) is 11.7. The summed E-state index contributed by atoms with van der Waals surface area (Å²) in [4.78, 5) is 23.9. The molecule has 2 amide bonds. The fourth-order valence-corrected chi connectivity index (χ4v) is 3.42. The fourth-order valence-electron chi connectivity index (χ4n) is 3.42. The van der Waals surface area contributed by atoms with E-state index in [2.05, 4.69) is 31.1 Å². The predicted octanol–water partition coefficient (Wildman–Crippen LogP) is 4.72. The second-order valence-electron chi connectivity index (χ2n) is 9.45. The highest BCUT2D eigenvalue weighted by molar-refractivity contribution is 5.94. The number of aromatic nitrogens is 5. The summed E-state index contributed by atoms with van der Waals surface area (Å²) in [6.45, 7) is 4.45. The van der Waals surface area contributed by atoms with E-state index >= 15 is 0 Å². The summed E-state index contributed by atoms with van der Waals surface area (Å²) in [6, 6.07) is 8.36. The number of carbonyl (C=O) groups is 2. The van der Waals surface area contributed by atoms with Gasteiger partial charge in [0.2, 0.25) is 11.8 Å². The van der Waals surface area contributed by atoms with Gasteiger partial charge in [-0.25, -0.2) is 18.3 Å². The van der Waals surface area contributed by atoms with Gasteiger partial charge in [0.1, 0.15) is 29.5 Å². The Labute approximate surface area is 224 Å². The van der Waals surface area contributed by atoms with Crippen molar-refractivity contribution >= 4 is 17.7 Å². The summed E-state index contributed by atoms with van der Waals surface area (Å²) in [7, 11) is 0. The molecule has 15 heteroatoms. The molecule has 210 valence electrons. The number of alkyl halides is 2. The Bertz CT molecular complexity index is 1510. The highest BCUT2D eigenvalue weighted by Gasteiger charge is 2.21. The van der Waals surface area contributed by atoms with Crippen molar-refractivity contribution in [2.24, 2.45) is 0 Å². The molecule has 0 aliphatic rings. The number of ether oxygens (including phenoxy) is 1. The van der Waals surface area contributed by atoms with Crippen LogP contribution in [-0.2, 0) is 16.1 Å². The van der Waals surface area contributed by atoms with Crippen LogP contribution in [0.15, 0.2) is 47.0 Å². The number of carbonyl (C=O) groups excluding carboxylic acids is 2. The standard InChI is InChI=1S/C25H23F4N7O4/c1-25(2,3)40-24(38)30-10-20(37)31-15-6-4-5-13(7-15)19-12-36(35-32-19)11-16-17(26)8-14(9-18(16)27)22-33-34-23(39-22)21(28)29/h4-9,12,21H,10-11H2,1-3H3,(H,30,38)(H,31,37). The maximum absolute atomic E-state index is 14.7. The van der Waals surface area contributed by atoms with Crippen LogP contribution in [-0.4, -0.2) is 49.3 Å². The normalized spacial score (nSPS) is 11.5. The van der Waals surface area contributed by atoms with E-state index in [0.29, 0.717) is 16.9 Å². The maximum atomic E-state index is 14.7. The minimum Gasteiger partial charge on any atom is -0.444 e. The number of benzene rings is 2. The third-order valence-corrected chi connectivity index (χ3v) is 5.11. The SMILES string of the molecule is CC(C)(C)OC(=O)NCC(=O)Nc1cccc(-c2cn(Cc3c(F)cc(-c4nnc(C(F)F)o4)cc3F)nn2)c1. The van der Waals surface area contributed by atoms with Crippen LogP contribution in [0.3, 0.4) is 0 Å². The summed E-state index contributed by atoms with van der Waals surface area (Å²) in [5.41, 5.74) is 0.0554. The van der Waals surface area contributed by atoms with Crippen LogP contribution >= 0.6 is 0 Å². The van der Waals surface area contributed by atoms with Crippen molar-refractivity contribution in [1.82, 2.24) is 30.5 Å². The maximum Gasteiger partial charge on any atom is 0.408 e. The van der Waals surface area contributed by atoms with Crippen LogP contribution in [0.2, 0.25) is 0 Å². The zero-order chi connectivity index (χ0) is 29.0. The fraction of sp³-hybridized carbons (Fsp3) is 0.280. The summed E-state index contributed by atoms with van der Waals surface area (Å²) in [5.74, 6) is -3.86. The molecule has 0 unspecified atom stereocenters. The Morgan fingerprint density at radius 3 is 2.42 bits per heavy atom. The van der Waals surface area contributed by atoms with Gasteiger partial charge >= 0.3 is 12.5 Å². The average Bonchev–Trinajstić information content (AvgIpc) is 3.54. The third kappa shape index (κ3) is 7.18. The summed E-state index contributed by atoms with van der Waals surface area (Å²) in [5, 5.41) is 19.4. The smallest absolute Gasteiger partial charge is 0.408 e. The van der Waals surface area contributed by atoms with Gasteiger partial charge in [0.05, 0.1) is 12.7 Å². The molecular weight excluding hydrogens is 538 g/mol. The Balaban J connectivity index is 1.41. The van der Waals surface area contributed by atoms with Gasteiger partial charge in [-0.05, 0) is 45.0 Å². The van der Waals surface area contributed by atoms with Crippen LogP contribution in [0.25, 0.3) is 22.7 Å². The monoisotopic (exact) mass is 561 g/mol. The Morgan fingerprint density at radius 1 is 1.05 bits per heavy atom. The topological polar surface area (TPSA) is 137 Å². The highest BCUT2D eigenvalue weighted by atomic mass is 19.3. The molecular formula is C25H23F4N7O4. The number of anilines is 1.